The molecule has 0 atom stereocenters. The number of benzene rings is 2. The third kappa shape index (κ3) is 6.89. The standard InChI is InChI=1S/C27H36N4O3S2.ClH/c1-5-21-7-12-24-25(19-21)35-27(28-24)31(16-6-15-29(3)4)26(32)22-8-10-23(11-9-22)36(33,34)30-17-13-20(2)14-18-30;/h7-12,19-20H,5-6,13-18H2,1-4H3;1H. The van der Waals surface area contributed by atoms with Gasteiger partial charge in [-0.15, -0.1) is 12.4 Å². The average Bonchev–Trinajstić information content (AvgIpc) is 3.29. The SMILES string of the molecule is CCc1ccc2nc(N(CCCN(C)C)C(=O)c3ccc(S(=O)(=O)N4CCC(C)CC4)cc3)sc2c1.Cl. The van der Waals surface area contributed by atoms with E-state index >= 15 is 0 Å². The van der Waals surface area contributed by atoms with Gasteiger partial charge in [-0.3, -0.25) is 9.69 Å². The van der Waals surface area contributed by atoms with Gasteiger partial charge < -0.3 is 4.90 Å². The van der Waals surface area contributed by atoms with Crippen molar-refractivity contribution in [2.75, 3.05) is 45.2 Å². The number of sulfonamides is 1. The van der Waals surface area contributed by atoms with Gasteiger partial charge >= 0.3 is 0 Å². The molecule has 2 aromatic carbocycles. The van der Waals surface area contributed by atoms with Crippen LogP contribution in [0.4, 0.5) is 5.13 Å². The average molecular weight is 565 g/mol. The van der Waals surface area contributed by atoms with Crippen molar-refractivity contribution in [2.24, 2.45) is 5.92 Å². The number of carbonyl (C=O) groups excluding carboxylic acids is 1. The molecule has 1 amide bonds. The molecule has 0 N–H and O–H groups in total. The number of amides is 1. The van der Waals surface area contributed by atoms with Crippen molar-refractivity contribution in [1.82, 2.24) is 14.2 Å². The topological polar surface area (TPSA) is 73.8 Å². The first-order valence-corrected chi connectivity index (χ1v) is 14.9. The zero-order valence-electron chi connectivity index (χ0n) is 22.0. The molecule has 0 aliphatic carbocycles. The zero-order valence-corrected chi connectivity index (χ0v) is 24.5. The number of rotatable bonds is 9. The Balaban J connectivity index is 0.00000380. The number of hydrogen-bond donors (Lipinski definition) is 0. The highest BCUT2D eigenvalue weighted by molar-refractivity contribution is 7.89. The minimum Gasteiger partial charge on any atom is -0.309 e. The maximum Gasteiger partial charge on any atom is 0.260 e. The molecule has 4 rings (SSSR count). The van der Waals surface area contributed by atoms with Gasteiger partial charge in [0.05, 0.1) is 15.1 Å². The highest BCUT2D eigenvalue weighted by Gasteiger charge is 2.28. The molecule has 1 aliphatic rings. The predicted molar refractivity (Wildman–Crippen MR) is 155 cm³/mol. The van der Waals surface area contributed by atoms with Crippen LogP contribution in [0.2, 0.25) is 0 Å². The van der Waals surface area contributed by atoms with E-state index in [1.165, 1.54) is 16.9 Å². The third-order valence-corrected chi connectivity index (χ3v) is 9.75. The summed E-state index contributed by atoms with van der Waals surface area (Å²) in [6.07, 6.45) is 3.49. The van der Waals surface area contributed by atoms with Crippen LogP contribution in [-0.4, -0.2) is 68.8 Å². The Kier molecular flexibility index (Phi) is 10.1. The van der Waals surface area contributed by atoms with E-state index < -0.39 is 10.0 Å². The van der Waals surface area contributed by atoms with Crippen molar-refractivity contribution >= 4 is 55.0 Å². The summed E-state index contributed by atoms with van der Waals surface area (Å²) in [5.74, 6) is 0.380. The van der Waals surface area contributed by atoms with Gasteiger partial charge in [-0.2, -0.15) is 4.31 Å². The molecule has 7 nitrogen and oxygen atoms in total. The Morgan fingerprint density at radius 2 is 1.76 bits per heavy atom. The van der Waals surface area contributed by atoms with Crippen LogP contribution in [-0.2, 0) is 16.4 Å². The molecular formula is C27H37ClN4O3S2. The molecular weight excluding hydrogens is 528 g/mol. The number of aryl methyl sites for hydroxylation is 1. The number of halogens is 1. The zero-order chi connectivity index (χ0) is 25.9. The number of piperidine rings is 1. The summed E-state index contributed by atoms with van der Waals surface area (Å²) in [4.78, 5) is 22.5. The van der Waals surface area contributed by atoms with Crippen molar-refractivity contribution in [3.8, 4) is 0 Å². The van der Waals surface area contributed by atoms with Gasteiger partial charge in [0.1, 0.15) is 0 Å². The summed E-state index contributed by atoms with van der Waals surface area (Å²) >= 11 is 1.52. The second kappa shape index (κ2) is 12.7. The summed E-state index contributed by atoms with van der Waals surface area (Å²) in [6, 6.07) is 12.6. The van der Waals surface area contributed by atoms with E-state index in [1.807, 2.05) is 20.2 Å². The second-order valence-electron chi connectivity index (χ2n) is 9.88. The molecule has 1 aliphatic heterocycles. The smallest absolute Gasteiger partial charge is 0.260 e. The van der Waals surface area contributed by atoms with Gasteiger partial charge in [0.2, 0.25) is 10.0 Å². The molecule has 202 valence electrons. The van der Waals surface area contributed by atoms with Gasteiger partial charge in [-0.25, -0.2) is 13.4 Å². The number of hydrogen-bond acceptors (Lipinski definition) is 6. The van der Waals surface area contributed by atoms with Crippen LogP contribution in [0.1, 0.15) is 49.0 Å². The summed E-state index contributed by atoms with van der Waals surface area (Å²) < 4.78 is 28.8. The number of nitrogens with zero attached hydrogens (tertiary/aromatic N) is 4. The number of fused-ring (bicyclic) bond motifs is 1. The molecule has 2 heterocycles. The predicted octanol–water partition coefficient (Wildman–Crippen LogP) is 5.30. The van der Waals surface area contributed by atoms with E-state index in [1.54, 1.807) is 33.5 Å². The lowest BCUT2D eigenvalue weighted by Gasteiger charge is -2.29. The third-order valence-electron chi connectivity index (χ3n) is 6.79. The fourth-order valence-corrected chi connectivity index (χ4v) is 6.94. The Morgan fingerprint density at radius 1 is 1.08 bits per heavy atom. The van der Waals surface area contributed by atoms with E-state index in [2.05, 4.69) is 30.9 Å². The van der Waals surface area contributed by atoms with Crippen molar-refractivity contribution in [2.45, 2.75) is 44.4 Å². The van der Waals surface area contributed by atoms with E-state index in [4.69, 9.17) is 4.98 Å². The van der Waals surface area contributed by atoms with Crippen LogP contribution in [0.5, 0.6) is 0 Å². The fraction of sp³-hybridized carbons (Fsp3) is 0.481. The van der Waals surface area contributed by atoms with Crippen LogP contribution >= 0.6 is 23.7 Å². The molecule has 37 heavy (non-hydrogen) atoms. The first kappa shape index (κ1) is 29.5. The van der Waals surface area contributed by atoms with Gasteiger partial charge in [0.15, 0.2) is 5.13 Å². The van der Waals surface area contributed by atoms with E-state index in [0.29, 0.717) is 36.2 Å². The molecule has 0 bridgehead atoms. The largest absolute Gasteiger partial charge is 0.309 e. The Labute approximate surface area is 230 Å². The molecule has 0 unspecified atom stereocenters. The lowest BCUT2D eigenvalue weighted by Crippen LogP contribution is -2.38. The van der Waals surface area contributed by atoms with Crippen LogP contribution < -0.4 is 4.90 Å². The Hall–Kier alpha value is -2.04. The lowest BCUT2D eigenvalue weighted by molar-refractivity contribution is 0.0986. The normalized spacial score (nSPS) is 15.2. The molecule has 0 radical (unpaired) electrons. The van der Waals surface area contributed by atoms with Crippen molar-refractivity contribution in [3.63, 3.8) is 0 Å². The van der Waals surface area contributed by atoms with Crippen LogP contribution in [0, 0.1) is 5.92 Å². The monoisotopic (exact) mass is 564 g/mol. The minimum atomic E-state index is -3.56. The minimum absolute atomic E-state index is 0. The van der Waals surface area contributed by atoms with Gasteiger partial charge in [-0.05, 0) is 94.2 Å². The summed E-state index contributed by atoms with van der Waals surface area (Å²) in [7, 11) is 0.469. The van der Waals surface area contributed by atoms with Gasteiger partial charge in [-0.1, -0.05) is 31.3 Å². The highest BCUT2D eigenvalue weighted by Crippen LogP contribution is 2.31. The van der Waals surface area contributed by atoms with Gasteiger partial charge in [0, 0.05) is 25.2 Å². The summed E-state index contributed by atoms with van der Waals surface area (Å²) in [5, 5.41) is 0.668. The van der Waals surface area contributed by atoms with Crippen molar-refractivity contribution in [3.05, 3.63) is 53.6 Å². The van der Waals surface area contributed by atoms with E-state index in [9.17, 15) is 13.2 Å². The van der Waals surface area contributed by atoms with Crippen molar-refractivity contribution in [1.29, 1.82) is 0 Å². The Bertz CT molecular complexity index is 1300. The summed E-state index contributed by atoms with van der Waals surface area (Å²) in [5.41, 5.74) is 2.58. The first-order valence-electron chi connectivity index (χ1n) is 12.7. The molecule has 1 fully saturated rings. The number of thiazole rings is 1. The van der Waals surface area contributed by atoms with Crippen LogP contribution in [0.15, 0.2) is 47.4 Å². The highest BCUT2D eigenvalue weighted by atomic mass is 35.5. The number of aromatic nitrogens is 1. The van der Waals surface area contributed by atoms with Crippen molar-refractivity contribution < 1.29 is 13.2 Å². The molecule has 3 aromatic rings. The maximum absolute atomic E-state index is 13.6. The molecule has 1 aromatic heterocycles. The van der Waals surface area contributed by atoms with Gasteiger partial charge in [0.25, 0.3) is 5.91 Å². The molecule has 10 heteroatoms. The van der Waals surface area contributed by atoms with Crippen LogP contribution in [0.25, 0.3) is 10.2 Å². The lowest BCUT2D eigenvalue weighted by atomic mass is 10.0. The van der Waals surface area contributed by atoms with E-state index in [0.717, 1.165) is 42.4 Å². The molecule has 0 saturated carbocycles. The molecule has 0 spiro atoms. The quantitative estimate of drug-likeness (QED) is 0.352. The molecule has 1 saturated heterocycles. The van der Waals surface area contributed by atoms with Crippen LogP contribution in [0.3, 0.4) is 0 Å². The maximum atomic E-state index is 13.6. The first-order chi connectivity index (χ1) is 17.2. The number of carbonyl (C=O) groups is 1. The Morgan fingerprint density at radius 3 is 2.38 bits per heavy atom. The second-order valence-corrected chi connectivity index (χ2v) is 12.8. The number of anilines is 1. The van der Waals surface area contributed by atoms with E-state index in [-0.39, 0.29) is 23.2 Å². The fourth-order valence-electron chi connectivity index (χ4n) is 4.42. The summed E-state index contributed by atoms with van der Waals surface area (Å²) in [6.45, 7) is 6.74.